The van der Waals surface area contributed by atoms with Gasteiger partial charge in [-0.1, -0.05) is 236 Å². The first-order chi connectivity index (χ1) is 37.8. The zero-order valence-electron chi connectivity index (χ0n) is 50.0. The smallest absolute Gasteiger partial charge is 0.135 e. The summed E-state index contributed by atoms with van der Waals surface area (Å²) in [5, 5.41) is 2.27. The summed E-state index contributed by atoms with van der Waals surface area (Å²) in [5.74, 6) is 2.06. The van der Waals surface area contributed by atoms with E-state index in [-0.39, 0.29) is 48.1 Å². The molecule has 3 heterocycles. The second-order valence-electron chi connectivity index (χ2n) is 26.8. The number of rotatable bonds is 11. The summed E-state index contributed by atoms with van der Waals surface area (Å²) in [5.41, 5.74) is 15.7. The Hall–Kier alpha value is -7.20. The Morgan fingerprint density at radius 2 is 0.938 bits per heavy atom. The van der Waals surface area contributed by atoms with Crippen molar-refractivity contribution in [2.45, 2.75) is 136 Å². The number of pyridine rings is 1. The number of anilines is 4. The van der Waals surface area contributed by atoms with Gasteiger partial charge in [-0.25, -0.2) is 4.98 Å². The van der Waals surface area contributed by atoms with Crippen LogP contribution in [0.4, 0.5) is 22.7 Å². The number of ether oxygens (including phenoxy) is 1. The fourth-order valence-electron chi connectivity index (χ4n) is 11.6. The van der Waals surface area contributed by atoms with Gasteiger partial charge in [0.2, 0.25) is 0 Å². The van der Waals surface area contributed by atoms with E-state index < -0.39 is 5.41 Å². The largest absolute Gasteiger partial charge is 0.509 e. The molecule has 0 spiro atoms. The van der Waals surface area contributed by atoms with E-state index in [4.69, 9.17) is 9.72 Å². The van der Waals surface area contributed by atoms with Crippen molar-refractivity contribution >= 4 is 44.6 Å². The fourth-order valence-corrected chi connectivity index (χ4v) is 11.6. The van der Waals surface area contributed by atoms with Crippen molar-refractivity contribution in [3.63, 3.8) is 0 Å². The van der Waals surface area contributed by atoms with Crippen LogP contribution in [0.25, 0.3) is 27.6 Å². The molecule has 0 atom stereocenters. The second kappa shape index (κ2) is 21.0. The van der Waals surface area contributed by atoms with Crippen molar-refractivity contribution in [2.24, 2.45) is 0 Å². The van der Waals surface area contributed by atoms with Crippen molar-refractivity contribution < 1.29 is 25.8 Å². The molecule has 0 saturated heterocycles. The molecule has 0 saturated carbocycles. The normalized spacial score (nSPS) is 13.4. The van der Waals surface area contributed by atoms with Crippen LogP contribution in [0.5, 0.6) is 11.5 Å². The van der Waals surface area contributed by atoms with E-state index in [1.54, 1.807) is 0 Å². The summed E-state index contributed by atoms with van der Waals surface area (Å²) in [6.45, 7) is 36.7. The van der Waals surface area contributed by atoms with Gasteiger partial charge in [0.15, 0.2) is 0 Å². The summed E-state index contributed by atoms with van der Waals surface area (Å²) >= 11 is 0. The minimum Gasteiger partial charge on any atom is -0.509 e. The quantitative estimate of drug-likeness (QED) is 0.121. The fraction of sp³-hybridized carbons (Fsp3) is 0.280. The van der Waals surface area contributed by atoms with Crippen molar-refractivity contribution in [1.82, 2.24) is 9.55 Å². The average molecular weight is 1250 g/mol. The number of hydrogen-bond donors (Lipinski definition) is 0. The molecule has 0 aliphatic carbocycles. The molecule has 0 fully saturated rings. The number of para-hydroxylation sites is 1. The summed E-state index contributed by atoms with van der Waals surface area (Å²) in [7, 11) is 0. The Balaban J connectivity index is 0.00000736. The van der Waals surface area contributed by atoms with Gasteiger partial charge in [0.05, 0.1) is 0 Å². The van der Waals surface area contributed by atoms with Crippen LogP contribution in [0.15, 0.2) is 188 Å². The van der Waals surface area contributed by atoms with Crippen LogP contribution in [0.3, 0.4) is 0 Å². The molecule has 416 valence electrons. The maximum absolute atomic E-state index is 7.31. The predicted octanol–water partition coefficient (Wildman–Crippen LogP) is 19.8. The SMILES string of the molecule is CC(C)(C)c1cc(Oc2[c-]c3c(c(C(C)(C)c4ccccc4)c2)c2ccccc2n3-c2cc(C(C)(C)C)ccn2)[c-]c(N2[CH-]N(c3cc(C(C)(C)c4ccccc4)cc(C(C)(C)c4ccccc4)c3)c3cc(C(C)(C)C)ccc32)c1.[Pt]. The maximum atomic E-state index is 7.31. The first-order valence-corrected chi connectivity index (χ1v) is 28.4. The van der Waals surface area contributed by atoms with Gasteiger partial charge in [-0.15, -0.1) is 53.8 Å². The van der Waals surface area contributed by atoms with Crippen molar-refractivity contribution in [3.8, 4) is 17.3 Å². The first kappa shape index (κ1) is 57.0. The molecule has 0 amide bonds. The Labute approximate surface area is 497 Å². The van der Waals surface area contributed by atoms with E-state index in [0.717, 1.165) is 61.5 Å². The molecule has 0 unspecified atom stereocenters. The molecule has 8 aromatic carbocycles. The zero-order chi connectivity index (χ0) is 56.7. The number of benzene rings is 8. The van der Waals surface area contributed by atoms with E-state index in [1.165, 1.54) is 38.9 Å². The van der Waals surface area contributed by atoms with Gasteiger partial charge in [-0.2, -0.15) is 0 Å². The van der Waals surface area contributed by atoms with Gasteiger partial charge in [0, 0.05) is 72.2 Å². The first-order valence-electron chi connectivity index (χ1n) is 28.4. The van der Waals surface area contributed by atoms with E-state index in [2.05, 4.69) is 319 Å². The molecule has 2 aromatic heterocycles. The van der Waals surface area contributed by atoms with Crippen LogP contribution in [0.2, 0.25) is 0 Å². The molecule has 6 heteroatoms. The molecule has 11 rings (SSSR count). The molecule has 0 N–H and O–H groups in total. The Morgan fingerprint density at radius 3 is 1.51 bits per heavy atom. The minimum absolute atomic E-state index is 0. The third kappa shape index (κ3) is 10.7. The van der Waals surface area contributed by atoms with Crippen LogP contribution in [0.1, 0.15) is 154 Å². The Kier molecular flexibility index (Phi) is 14.8. The summed E-state index contributed by atoms with van der Waals surface area (Å²) < 4.78 is 9.59. The monoisotopic (exact) mass is 1240 g/mol. The number of nitrogens with zero attached hydrogens (tertiary/aromatic N) is 4. The van der Waals surface area contributed by atoms with Gasteiger partial charge in [0.25, 0.3) is 0 Å². The van der Waals surface area contributed by atoms with Crippen LogP contribution < -0.4 is 14.5 Å². The Morgan fingerprint density at radius 1 is 0.420 bits per heavy atom. The number of fused-ring (bicyclic) bond motifs is 4. The van der Waals surface area contributed by atoms with Crippen LogP contribution in [-0.2, 0) is 53.6 Å². The molecule has 0 bridgehead atoms. The maximum Gasteiger partial charge on any atom is 0.135 e. The second-order valence-corrected chi connectivity index (χ2v) is 26.8. The number of aromatic nitrogens is 2. The predicted molar refractivity (Wildman–Crippen MR) is 336 cm³/mol. The third-order valence-electron chi connectivity index (χ3n) is 17.1. The molecule has 81 heavy (non-hydrogen) atoms. The molecule has 10 aromatic rings. The van der Waals surface area contributed by atoms with Gasteiger partial charge < -0.3 is 19.1 Å². The topological polar surface area (TPSA) is 33.5 Å². The standard InChI is InChI=1S/C75H77N4O.Pt/c1-70(2,3)53-35-36-65-66(44-53)78(58-41-56(73(10,11)50-27-19-16-20-28-50)39-57(42-58)74(12,13)51-29-21-17-22-30-51)49-77(65)59-40-55(72(7,8)9)43-60(46-59)80-61-47-63(75(14,15)52-31-23-18-24-32-52)69-62-33-25-26-34-64(62)79(67(69)48-61)68-45-54(37-38-76-68)71(4,5)6;/h16-45,47,49H,1-15H3;/q-3;. The van der Waals surface area contributed by atoms with E-state index in [1.807, 2.05) is 6.20 Å². The van der Waals surface area contributed by atoms with Crippen molar-refractivity contribution in [3.05, 3.63) is 257 Å². The molecule has 5 nitrogen and oxygen atoms in total. The number of hydrogen-bond acceptors (Lipinski definition) is 4. The summed E-state index contributed by atoms with van der Waals surface area (Å²) in [6.07, 6.45) is 1.94. The van der Waals surface area contributed by atoms with Crippen LogP contribution in [-0.4, -0.2) is 9.55 Å². The molecular formula is C75H77N4OPt-3. The van der Waals surface area contributed by atoms with E-state index >= 15 is 0 Å². The molecule has 1 aliphatic rings. The van der Waals surface area contributed by atoms with Crippen molar-refractivity contribution in [1.29, 1.82) is 0 Å². The van der Waals surface area contributed by atoms with E-state index in [0.29, 0.717) is 11.5 Å². The van der Waals surface area contributed by atoms with Gasteiger partial charge in [-0.05, 0) is 108 Å². The van der Waals surface area contributed by atoms with E-state index in [9.17, 15) is 0 Å². The van der Waals surface area contributed by atoms with Gasteiger partial charge >= 0.3 is 0 Å². The van der Waals surface area contributed by atoms with Gasteiger partial charge in [0.1, 0.15) is 5.82 Å². The zero-order valence-corrected chi connectivity index (χ0v) is 52.3. The average Bonchev–Trinajstić information content (AvgIpc) is 4.00. The van der Waals surface area contributed by atoms with Crippen molar-refractivity contribution in [2.75, 3.05) is 9.80 Å². The van der Waals surface area contributed by atoms with Crippen LogP contribution in [0, 0.1) is 18.8 Å². The summed E-state index contributed by atoms with van der Waals surface area (Å²) in [6, 6.07) is 74.3. The summed E-state index contributed by atoms with van der Waals surface area (Å²) in [4.78, 5) is 9.77. The minimum atomic E-state index is -0.433. The van der Waals surface area contributed by atoms with Crippen LogP contribution >= 0.6 is 0 Å². The van der Waals surface area contributed by atoms with Gasteiger partial charge in [-0.3, -0.25) is 0 Å². The Bertz CT molecular complexity index is 3860. The third-order valence-corrected chi connectivity index (χ3v) is 17.1. The molecule has 1 aliphatic heterocycles. The molecular weight excluding hydrogens is 1170 g/mol. The molecule has 0 radical (unpaired) electrons.